The van der Waals surface area contributed by atoms with E-state index in [1.165, 1.54) is 28.5 Å². The van der Waals surface area contributed by atoms with Gasteiger partial charge in [0.05, 0.1) is 5.41 Å². The SMILES string of the molecule is Cc1ccc2c(oc3ccccc32)c1-[n+]1c(C)c(C(C)C)n(-c2ccccc2)c1C(C)(C)C. The molecule has 5 aromatic rings. The monoisotopic (exact) mass is 437 g/mol. The Morgan fingerprint density at radius 3 is 2.15 bits per heavy atom. The lowest BCUT2D eigenvalue weighted by molar-refractivity contribution is -0.613. The van der Waals surface area contributed by atoms with Crippen LogP contribution in [0.15, 0.2) is 71.1 Å². The molecular weight excluding hydrogens is 404 g/mol. The highest BCUT2D eigenvalue weighted by molar-refractivity contribution is 6.07. The lowest BCUT2D eigenvalue weighted by Crippen LogP contribution is -2.43. The Hall–Kier alpha value is -3.33. The number of fused-ring (bicyclic) bond motifs is 3. The second-order valence-electron chi connectivity index (χ2n) is 10.4. The molecule has 0 bridgehead atoms. The molecule has 2 heterocycles. The molecule has 0 saturated carbocycles. The van der Waals surface area contributed by atoms with Crippen molar-refractivity contribution in [2.24, 2.45) is 0 Å². The Bertz CT molecular complexity index is 1480. The van der Waals surface area contributed by atoms with Crippen molar-refractivity contribution in [2.45, 2.75) is 59.8 Å². The van der Waals surface area contributed by atoms with Gasteiger partial charge in [-0.25, -0.2) is 0 Å². The van der Waals surface area contributed by atoms with Crippen LogP contribution in [-0.4, -0.2) is 4.57 Å². The topological polar surface area (TPSA) is 21.9 Å². The van der Waals surface area contributed by atoms with E-state index in [2.05, 4.69) is 118 Å². The average Bonchev–Trinajstić information content (AvgIpc) is 3.29. The third-order valence-electron chi connectivity index (χ3n) is 6.55. The van der Waals surface area contributed by atoms with E-state index in [4.69, 9.17) is 4.42 Å². The molecule has 0 radical (unpaired) electrons. The third kappa shape index (κ3) is 3.30. The molecule has 0 spiro atoms. The molecule has 0 aliphatic carbocycles. The molecule has 0 N–H and O–H groups in total. The predicted octanol–water partition coefficient (Wildman–Crippen LogP) is 7.69. The lowest BCUT2D eigenvalue weighted by Gasteiger charge is -2.19. The maximum Gasteiger partial charge on any atom is 0.272 e. The van der Waals surface area contributed by atoms with Crippen molar-refractivity contribution in [3.05, 3.63) is 89.5 Å². The summed E-state index contributed by atoms with van der Waals surface area (Å²) in [6, 6.07) is 23.5. The van der Waals surface area contributed by atoms with Crippen LogP contribution in [0.25, 0.3) is 33.3 Å². The van der Waals surface area contributed by atoms with Gasteiger partial charge >= 0.3 is 0 Å². The Morgan fingerprint density at radius 2 is 1.48 bits per heavy atom. The van der Waals surface area contributed by atoms with Crippen LogP contribution in [0, 0.1) is 13.8 Å². The lowest BCUT2D eigenvalue weighted by atomic mass is 9.94. The summed E-state index contributed by atoms with van der Waals surface area (Å²) in [5, 5.41) is 2.33. The van der Waals surface area contributed by atoms with Crippen molar-refractivity contribution in [1.82, 2.24) is 4.57 Å². The summed E-state index contributed by atoms with van der Waals surface area (Å²) < 4.78 is 11.5. The minimum absolute atomic E-state index is 0.103. The van der Waals surface area contributed by atoms with Gasteiger partial charge in [0.1, 0.15) is 17.0 Å². The molecule has 3 heteroatoms. The van der Waals surface area contributed by atoms with E-state index < -0.39 is 0 Å². The Morgan fingerprint density at radius 1 is 0.818 bits per heavy atom. The number of furan rings is 1. The fourth-order valence-electron chi connectivity index (χ4n) is 5.26. The summed E-state index contributed by atoms with van der Waals surface area (Å²) in [6.07, 6.45) is 0. The molecular formula is C30H33N2O+. The fraction of sp³-hybridized carbons (Fsp3) is 0.300. The molecule has 0 aliphatic rings. The maximum atomic E-state index is 6.53. The first-order chi connectivity index (χ1) is 15.7. The average molecular weight is 438 g/mol. The van der Waals surface area contributed by atoms with Gasteiger partial charge in [0.15, 0.2) is 17.0 Å². The van der Waals surface area contributed by atoms with E-state index in [0.29, 0.717) is 5.92 Å². The number of rotatable bonds is 3. The van der Waals surface area contributed by atoms with Crippen molar-refractivity contribution < 1.29 is 8.98 Å². The molecule has 3 aromatic carbocycles. The summed E-state index contributed by atoms with van der Waals surface area (Å²) in [6.45, 7) is 15.9. The van der Waals surface area contributed by atoms with Gasteiger partial charge in [-0.05, 0) is 52.0 Å². The van der Waals surface area contributed by atoms with E-state index >= 15 is 0 Å². The first kappa shape index (κ1) is 21.5. The highest BCUT2D eigenvalue weighted by Gasteiger charge is 2.40. The molecule has 0 amide bonds. The van der Waals surface area contributed by atoms with E-state index in [1.807, 2.05) is 6.07 Å². The van der Waals surface area contributed by atoms with Gasteiger partial charge in [-0.1, -0.05) is 56.3 Å². The van der Waals surface area contributed by atoms with Crippen molar-refractivity contribution in [3.63, 3.8) is 0 Å². The zero-order valence-electron chi connectivity index (χ0n) is 20.7. The van der Waals surface area contributed by atoms with Crippen molar-refractivity contribution in [2.75, 3.05) is 0 Å². The van der Waals surface area contributed by atoms with Crippen LogP contribution in [0.4, 0.5) is 0 Å². The normalized spacial score (nSPS) is 12.4. The van der Waals surface area contributed by atoms with Crippen LogP contribution in [-0.2, 0) is 5.41 Å². The van der Waals surface area contributed by atoms with Crippen LogP contribution < -0.4 is 4.57 Å². The quantitative estimate of drug-likeness (QED) is 0.265. The van der Waals surface area contributed by atoms with Crippen LogP contribution in [0.3, 0.4) is 0 Å². The summed E-state index contributed by atoms with van der Waals surface area (Å²) in [5.74, 6) is 1.62. The minimum atomic E-state index is -0.103. The summed E-state index contributed by atoms with van der Waals surface area (Å²) in [5.41, 5.74) is 7.92. The van der Waals surface area contributed by atoms with Crippen LogP contribution in [0.1, 0.15) is 63.3 Å². The Kier molecular flexibility index (Phi) is 4.97. The standard InChI is InChI=1S/C30H33N2O/c1-19(2)26-21(4)31(29(30(5,6)7)32(26)22-13-9-8-10-14-22)27-20(3)17-18-24-23-15-11-12-16-25(23)33-28(24)27/h8-19H,1-7H3/q+1. The van der Waals surface area contributed by atoms with Crippen LogP contribution in [0.5, 0.6) is 0 Å². The minimum Gasteiger partial charge on any atom is -0.452 e. The maximum absolute atomic E-state index is 6.53. The zero-order chi connectivity index (χ0) is 23.5. The molecule has 2 aromatic heterocycles. The highest BCUT2D eigenvalue weighted by Crippen LogP contribution is 2.36. The first-order valence-electron chi connectivity index (χ1n) is 11.8. The summed E-state index contributed by atoms with van der Waals surface area (Å²) in [7, 11) is 0. The zero-order valence-corrected chi connectivity index (χ0v) is 20.7. The number of nitrogens with zero attached hydrogens (tertiary/aromatic N) is 2. The van der Waals surface area contributed by atoms with Gasteiger partial charge in [0.2, 0.25) is 0 Å². The fourth-order valence-corrected chi connectivity index (χ4v) is 5.26. The summed E-state index contributed by atoms with van der Waals surface area (Å²) >= 11 is 0. The van der Waals surface area contributed by atoms with Gasteiger partial charge in [0.25, 0.3) is 5.82 Å². The summed E-state index contributed by atoms with van der Waals surface area (Å²) in [4.78, 5) is 0. The number of imidazole rings is 1. The van der Waals surface area contributed by atoms with Crippen molar-refractivity contribution >= 4 is 21.9 Å². The molecule has 0 saturated heterocycles. The molecule has 168 valence electrons. The van der Waals surface area contributed by atoms with E-state index in [-0.39, 0.29) is 5.41 Å². The second kappa shape index (κ2) is 7.62. The molecule has 0 aliphatic heterocycles. The number of aromatic nitrogens is 2. The van der Waals surface area contributed by atoms with E-state index in [0.717, 1.165) is 27.6 Å². The molecule has 3 nitrogen and oxygen atoms in total. The first-order valence-corrected chi connectivity index (χ1v) is 11.8. The number of aryl methyl sites for hydroxylation is 1. The van der Waals surface area contributed by atoms with Crippen molar-refractivity contribution in [1.29, 1.82) is 0 Å². The number of benzene rings is 3. The Balaban J connectivity index is 1.98. The number of hydrogen-bond donors (Lipinski definition) is 0. The molecule has 0 atom stereocenters. The number of para-hydroxylation sites is 2. The number of hydrogen-bond acceptors (Lipinski definition) is 1. The smallest absolute Gasteiger partial charge is 0.272 e. The molecule has 0 unspecified atom stereocenters. The van der Waals surface area contributed by atoms with E-state index in [1.54, 1.807) is 0 Å². The van der Waals surface area contributed by atoms with Gasteiger partial charge in [-0.15, -0.1) is 0 Å². The molecule has 33 heavy (non-hydrogen) atoms. The third-order valence-corrected chi connectivity index (χ3v) is 6.55. The second-order valence-corrected chi connectivity index (χ2v) is 10.4. The van der Waals surface area contributed by atoms with Gasteiger partial charge in [-0.2, -0.15) is 9.13 Å². The van der Waals surface area contributed by atoms with Crippen LogP contribution in [0.2, 0.25) is 0 Å². The van der Waals surface area contributed by atoms with Gasteiger partial charge < -0.3 is 4.42 Å². The highest BCUT2D eigenvalue weighted by atomic mass is 16.3. The predicted molar refractivity (Wildman–Crippen MR) is 137 cm³/mol. The Labute approximate surface area is 196 Å². The van der Waals surface area contributed by atoms with Crippen molar-refractivity contribution in [3.8, 4) is 11.4 Å². The van der Waals surface area contributed by atoms with Gasteiger partial charge in [-0.3, -0.25) is 0 Å². The van der Waals surface area contributed by atoms with Gasteiger partial charge in [0, 0.05) is 29.2 Å². The largest absolute Gasteiger partial charge is 0.452 e. The van der Waals surface area contributed by atoms with E-state index in [9.17, 15) is 0 Å². The van der Waals surface area contributed by atoms with Crippen LogP contribution >= 0.6 is 0 Å². The molecule has 5 rings (SSSR count). The molecule has 0 fully saturated rings.